The number of carbonyl (C=O) groups excluding carboxylic acids is 1. The Kier molecular flexibility index (Phi) is 5.06. The Bertz CT molecular complexity index is 500. The lowest BCUT2D eigenvalue weighted by atomic mass is 10.1. The summed E-state index contributed by atoms with van der Waals surface area (Å²) in [6.45, 7) is 0.333. The average molecular weight is 293 g/mol. The molecule has 1 aliphatic carbocycles. The third-order valence-electron chi connectivity index (χ3n) is 3.27. The number of carboxylic acid groups (broad SMARTS) is 1. The van der Waals surface area contributed by atoms with Crippen LogP contribution in [-0.4, -0.2) is 41.2 Å². The molecule has 1 aliphatic rings. The fourth-order valence-electron chi connectivity index (χ4n) is 2.14. The van der Waals surface area contributed by atoms with Crippen LogP contribution in [0, 0.1) is 5.92 Å². The Labute approximate surface area is 123 Å². The molecule has 0 bridgehead atoms. The summed E-state index contributed by atoms with van der Waals surface area (Å²) in [4.78, 5) is 24.8. The molecule has 1 aromatic rings. The van der Waals surface area contributed by atoms with Crippen LogP contribution < -0.4 is 0 Å². The van der Waals surface area contributed by atoms with E-state index in [2.05, 4.69) is 0 Å². The summed E-state index contributed by atoms with van der Waals surface area (Å²) < 4.78 is 0. The third kappa shape index (κ3) is 4.27. The van der Waals surface area contributed by atoms with Crippen molar-refractivity contribution in [1.82, 2.24) is 4.90 Å². The average Bonchev–Trinajstić information content (AvgIpc) is 3.21. The summed E-state index contributed by atoms with van der Waals surface area (Å²) in [7, 11) is 0. The second kappa shape index (κ2) is 6.79. The van der Waals surface area contributed by atoms with Crippen LogP contribution in [0.5, 0.6) is 0 Å². The molecule has 0 aromatic heterocycles. The third-order valence-corrected chi connectivity index (χ3v) is 3.90. The first-order valence-electron chi connectivity index (χ1n) is 6.69. The van der Waals surface area contributed by atoms with Crippen molar-refractivity contribution in [1.29, 1.82) is 0 Å². The van der Waals surface area contributed by atoms with Crippen molar-refractivity contribution in [2.75, 3.05) is 19.3 Å². The molecule has 1 saturated carbocycles. The van der Waals surface area contributed by atoms with E-state index in [0.717, 1.165) is 24.2 Å². The van der Waals surface area contributed by atoms with E-state index in [9.17, 15) is 9.59 Å². The highest BCUT2D eigenvalue weighted by Crippen LogP contribution is 2.30. The van der Waals surface area contributed by atoms with Crippen LogP contribution >= 0.6 is 11.8 Å². The number of amides is 1. The summed E-state index contributed by atoms with van der Waals surface area (Å²) >= 11 is 1.70. The van der Waals surface area contributed by atoms with Crippen LogP contribution in [0.15, 0.2) is 24.3 Å². The molecule has 20 heavy (non-hydrogen) atoms. The molecule has 0 heterocycles. The topological polar surface area (TPSA) is 57.6 Å². The van der Waals surface area contributed by atoms with Crippen molar-refractivity contribution in [3.05, 3.63) is 35.4 Å². The van der Waals surface area contributed by atoms with Gasteiger partial charge in [-0.05, 0) is 42.7 Å². The van der Waals surface area contributed by atoms with Crippen molar-refractivity contribution in [3.8, 4) is 0 Å². The normalized spacial score (nSPS) is 14.1. The number of carboxylic acids is 1. The lowest BCUT2D eigenvalue weighted by molar-refractivity contribution is -0.137. The van der Waals surface area contributed by atoms with Gasteiger partial charge in [-0.25, -0.2) is 0 Å². The number of aliphatic carboxylic acids is 1. The maximum absolute atomic E-state index is 12.5. The van der Waals surface area contributed by atoms with Gasteiger partial charge in [-0.2, -0.15) is 11.8 Å². The van der Waals surface area contributed by atoms with Crippen molar-refractivity contribution in [3.63, 3.8) is 0 Å². The minimum absolute atomic E-state index is 0.178. The molecule has 0 atom stereocenters. The first-order chi connectivity index (χ1) is 9.60. The smallest absolute Gasteiger partial charge is 0.323 e. The number of rotatable bonds is 7. The van der Waals surface area contributed by atoms with Gasteiger partial charge in [0.15, 0.2) is 0 Å². The monoisotopic (exact) mass is 293 g/mol. The van der Waals surface area contributed by atoms with Gasteiger partial charge in [-0.3, -0.25) is 9.59 Å². The second-order valence-corrected chi connectivity index (χ2v) is 6.02. The molecule has 0 radical (unpaired) electrons. The molecule has 2 rings (SSSR count). The summed E-state index contributed by atoms with van der Waals surface area (Å²) in [6.07, 6.45) is 4.20. The standard InChI is InChI=1S/C15H19NO3S/c1-20-10-12-3-2-4-13(7-12)15(19)16(9-14(17)18)8-11-5-6-11/h2-4,7,11H,5-6,8-10H2,1H3,(H,17,18). The van der Waals surface area contributed by atoms with E-state index in [4.69, 9.17) is 5.11 Å². The zero-order chi connectivity index (χ0) is 14.5. The highest BCUT2D eigenvalue weighted by atomic mass is 32.2. The van der Waals surface area contributed by atoms with Gasteiger partial charge in [0.25, 0.3) is 5.91 Å². The quantitative estimate of drug-likeness (QED) is 0.839. The lowest BCUT2D eigenvalue weighted by Crippen LogP contribution is -2.37. The highest BCUT2D eigenvalue weighted by molar-refractivity contribution is 7.97. The predicted octanol–water partition coefficient (Wildman–Crippen LogP) is 2.49. The fraction of sp³-hybridized carbons (Fsp3) is 0.467. The molecule has 108 valence electrons. The maximum atomic E-state index is 12.5. The van der Waals surface area contributed by atoms with Crippen LogP contribution in [0.3, 0.4) is 0 Å². The van der Waals surface area contributed by atoms with Crippen molar-refractivity contribution in [2.45, 2.75) is 18.6 Å². The van der Waals surface area contributed by atoms with Gasteiger partial charge in [-0.15, -0.1) is 0 Å². The van der Waals surface area contributed by atoms with Gasteiger partial charge in [0, 0.05) is 17.9 Å². The largest absolute Gasteiger partial charge is 0.480 e. The molecule has 0 unspecified atom stereocenters. The Morgan fingerprint density at radius 2 is 2.15 bits per heavy atom. The lowest BCUT2D eigenvalue weighted by Gasteiger charge is -2.20. The van der Waals surface area contributed by atoms with E-state index >= 15 is 0 Å². The van der Waals surface area contributed by atoms with Gasteiger partial charge in [0.05, 0.1) is 0 Å². The van der Waals surface area contributed by atoms with Crippen molar-refractivity contribution in [2.24, 2.45) is 5.92 Å². The molecule has 1 aromatic carbocycles. The minimum atomic E-state index is -0.959. The molecule has 1 amide bonds. The second-order valence-electron chi connectivity index (χ2n) is 5.16. The molecular weight excluding hydrogens is 274 g/mol. The van der Waals surface area contributed by atoms with Crippen LogP contribution in [-0.2, 0) is 10.5 Å². The van der Waals surface area contributed by atoms with E-state index in [1.54, 1.807) is 17.8 Å². The summed E-state index contributed by atoms with van der Waals surface area (Å²) in [5.74, 6) is 0.192. The van der Waals surface area contributed by atoms with Crippen molar-refractivity contribution >= 4 is 23.6 Å². The number of benzene rings is 1. The van der Waals surface area contributed by atoms with E-state index in [-0.39, 0.29) is 12.5 Å². The SMILES string of the molecule is CSCc1cccc(C(=O)N(CC(=O)O)CC2CC2)c1. The highest BCUT2D eigenvalue weighted by Gasteiger charge is 2.28. The van der Waals surface area contributed by atoms with Gasteiger partial charge in [0.1, 0.15) is 6.54 Å². The first kappa shape index (κ1) is 14.9. The van der Waals surface area contributed by atoms with Gasteiger partial charge < -0.3 is 10.0 Å². The Balaban J connectivity index is 2.12. The van der Waals surface area contributed by atoms with Gasteiger partial charge in [0.2, 0.25) is 0 Å². The van der Waals surface area contributed by atoms with E-state index in [0.29, 0.717) is 18.0 Å². The molecular formula is C15H19NO3S. The molecule has 0 saturated heterocycles. The van der Waals surface area contributed by atoms with E-state index in [1.807, 2.05) is 24.5 Å². The van der Waals surface area contributed by atoms with Crippen molar-refractivity contribution < 1.29 is 14.7 Å². The first-order valence-corrected chi connectivity index (χ1v) is 8.08. The molecule has 0 aliphatic heterocycles. The van der Waals surface area contributed by atoms with Crippen LogP contribution in [0.1, 0.15) is 28.8 Å². The molecule has 1 fully saturated rings. The van der Waals surface area contributed by atoms with E-state index in [1.165, 1.54) is 4.90 Å². The zero-order valence-electron chi connectivity index (χ0n) is 11.5. The van der Waals surface area contributed by atoms with Crippen LogP contribution in [0.2, 0.25) is 0 Å². The number of thioether (sulfide) groups is 1. The van der Waals surface area contributed by atoms with E-state index < -0.39 is 5.97 Å². The number of carbonyl (C=O) groups is 2. The molecule has 4 nitrogen and oxygen atoms in total. The molecule has 1 N–H and O–H groups in total. The number of hydrogen-bond acceptors (Lipinski definition) is 3. The van der Waals surface area contributed by atoms with Gasteiger partial charge >= 0.3 is 5.97 Å². The number of nitrogens with zero attached hydrogens (tertiary/aromatic N) is 1. The van der Waals surface area contributed by atoms with Gasteiger partial charge in [-0.1, -0.05) is 12.1 Å². The molecule has 0 spiro atoms. The summed E-state index contributed by atoms with van der Waals surface area (Å²) in [6, 6.07) is 7.46. The molecule has 5 heteroatoms. The zero-order valence-corrected chi connectivity index (χ0v) is 12.4. The predicted molar refractivity (Wildman–Crippen MR) is 79.9 cm³/mol. The Morgan fingerprint density at radius 3 is 2.75 bits per heavy atom. The fourth-order valence-corrected chi connectivity index (χ4v) is 2.65. The maximum Gasteiger partial charge on any atom is 0.323 e. The summed E-state index contributed by atoms with van der Waals surface area (Å²) in [5.41, 5.74) is 1.67. The Hall–Kier alpha value is -1.49. The summed E-state index contributed by atoms with van der Waals surface area (Å²) in [5, 5.41) is 8.95. The Morgan fingerprint density at radius 1 is 1.40 bits per heavy atom. The number of hydrogen-bond donors (Lipinski definition) is 1. The minimum Gasteiger partial charge on any atom is -0.480 e. The van der Waals surface area contributed by atoms with Crippen LogP contribution in [0.25, 0.3) is 0 Å². The van der Waals surface area contributed by atoms with Crippen LogP contribution in [0.4, 0.5) is 0 Å².